The van der Waals surface area contributed by atoms with Crippen LogP contribution in [-0.4, -0.2) is 34.6 Å². The molecule has 6 nitrogen and oxygen atoms in total. The Hall–Kier alpha value is -3.25. The molecular weight excluding hydrogens is 340 g/mol. The number of anilines is 1. The van der Waals surface area contributed by atoms with Gasteiger partial charge in [-0.15, -0.1) is 0 Å². The Morgan fingerprint density at radius 2 is 1.85 bits per heavy atom. The van der Waals surface area contributed by atoms with Crippen molar-refractivity contribution in [2.45, 2.75) is 13.0 Å². The lowest BCUT2D eigenvalue weighted by atomic mass is 10.1. The lowest BCUT2D eigenvalue weighted by Gasteiger charge is -2.16. The Morgan fingerprint density at radius 1 is 1.07 bits per heavy atom. The van der Waals surface area contributed by atoms with Crippen LogP contribution in [0.5, 0.6) is 5.75 Å². The van der Waals surface area contributed by atoms with Crippen LogP contribution in [0, 0.1) is 0 Å². The number of aliphatic hydroxyl groups excluding tert-OH is 1. The normalized spacial score (nSPS) is 14.6. The molecular formula is C21H20N4O2. The maximum absolute atomic E-state index is 10.9. The molecule has 1 atom stereocenters. The summed E-state index contributed by atoms with van der Waals surface area (Å²) in [5, 5.41) is 15.1. The number of rotatable bonds is 4. The first-order chi connectivity index (χ1) is 13.2. The minimum Gasteiger partial charge on any atom is -0.496 e. The molecule has 136 valence electrons. The minimum absolute atomic E-state index is 0.306. The molecule has 0 radical (unpaired) electrons. The number of aliphatic imine (C=N–C) groups is 1. The van der Waals surface area contributed by atoms with Crippen molar-refractivity contribution < 1.29 is 9.84 Å². The van der Waals surface area contributed by atoms with E-state index >= 15 is 0 Å². The van der Waals surface area contributed by atoms with Crippen LogP contribution in [-0.2, 0) is 0 Å². The molecule has 0 fully saturated rings. The van der Waals surface area contributed by atoms with Crippen molar-refractivity contribution in [2.75, 3.05) is 19.0 Å². The molecule has 1 aliphatic heterocycles. The molecule has 2 N–H and O–H groups in total. The van der Waals surface area contributed by atoms with Gasteiger partial charge in [0.25, 0.3) is 0 Å². The summed E-state index contributed by atoms with van der Waals surface area (Å²) in [7, 11) is 1.58. The summed E-state index contributed by atoms with van der Waals surface area (Å²) in [5.74, 6) is 2.28. The molecule has 2 heterocycles. The van der Waals surface area contributed by atoms with E-state index in [1.54, 1.807) is 13.2 Å². The summed E-state index contributed by atoms with van der Waals surface area (Å²) < 4.78 is 5.37. The summed E-state index contributed by atoms with van der Waals surface area (Å²) in [6.07, 6.45) is 0.988. The highest BCUT2D eigenvalue weighted by molar-refractivity contribution is 6.08. The number of aliphatic hydroxyl groups is 1. The van der Waals surface area contributed by atoms with E-state index in [2.05, 4.69) is 20.3 Å². The van der Waals surface area contributed by atoms with Gasteiger partial charge in [-0.25, -0.2) is 9.97 Å². The van der Waals surface area contributed by atoms with Crippen LogP contribution in [0.25, 0.3) is 10.9 Å². The van der Waals surface area contributed by atoms with Gasteiger partial charge < -0.3 is 15.2 Å². The number of fused-ring (bicyclic) bond motifs is 1. The predicted octanol–water partition coefficient (Wildman–Crippen LogP) is 3.49. The second-order valence-electron chi connectivity index (χ2n) is 6.41. The average molecular weight is 360 g/mol. The van der Waals surface area contributed by atoms with Crippen LogP contribution >= 0.6 is 0 Å². The minimum atomic E-state index is -1.01. The Balaban J connectivity index is 1.79. The molecule has 0 bridgehead atoms. The fraction of sp³-hybridized carbons (Fsp3) is 0.190. The van der Waals surface area contributed by atoms with Crippen LogP contribution in [0.2, 0.25) is 0 Å². The number of aromatic nitrogens is 2. The largest absolute Gasteiger partial charge is 0.496 e. The highest BCUT2D eigenvalue weighted by atomic mass is 16.5. The van der Waals surface area contributed by atoms with Crippen LogP contribution < -0.4 is 10.1 Å². The van der Waals surface area contributed by atoms with Crippen molar-refractivity contribution >= 4 is 22.6 Å². The van der Waals surface area contributed by atoms with E-state index in [1.807, 2.05) is 55.5 Å². The topological polar surface area (TPSA) is 79.6 Å². The molecule has 4 rings (SSSR count). The average Bonchev–Trinajstić information content (AvgIpc) is 3.12. The van der Waals surface area contributed by atoms with Crippen LogP contribution in [0.3, 0.4) is 0 Å². The van der Waals surface area contributed by atoms with Crippen molar-refractivity contribution in [1.29, 1.82) is 0 Å². The molecule has 0 saturated carbocycles. The Kier molecular flexibility index (Phi) is 4.56. The van der Waals surface area contributed by atoms with Gasteiger partial charge in [0.05, 0.1) is 19.2 Å². The van der Waals surface area contributed by atoms with Gasteiger partial charge >= 0.3 is 0 Å². The molecule has 1 unspecified atom stereocenters. The van der Waals surface area contributed by atoms with Crippen molar-refractivity contribution in [3.05, 3.63) is 71.6 Å². The summed E-state index contributed by atoms with van der Waals surface area (Å²) in [4.78, 5) is 13.6. The van der Waals surface area contributed by atoms with Crippen molar-refractivity contribution in [3.63, 3.8) is 0 Å². The van der Waals surface area contributed by atoms with Gasteiger partial charge in [-0.3, -0.25) is 4.99 Å². The van der Waals surface area contributed by atoms with E-state index in [4.69, 9.17) is 4.74 Å². The van der Waals surface area contributed by atoms with E-state index in [0.29, 0.717) is 29.5 Å². The number of ether oxygens (including phenoxy) is 1. The maximum atomic E-state index is 10.9. The standard InChI is InChI=1S/C21H20N4O2/c1-13-11-18(22-12-13)24-20-14-7-3-5-9-16(14)23-21(25-20)19(26)15-8-4-6-10-17(15)27-2/h3-11,19,26H,12H2,1-2H3,(H,22,23,24,25). The number of amidine groups is 1. The van der Waals surface area contributed by atoms with E-state index in [1.165, 1.54) is 5.57 Å². The quantitative estimate of drug-likeness (QED) is 0.744. The first kappa shape index (κ1) is 17.2. The van der Waals surface area contributed by atoms with Crippen molar-refractivity contribution in [1.82, 2.24) is 9.97 Å². The number of para-hydroxylation sites is 2. The lowest BCUT2D eigenvalue weighted by molar-refractivity contribution is 0.205. The first-order valence-corrected chi connectivity index (χ1v) is 8.72. The molecule has 2 aromatic carbocycles. The van der Waals surface area contributed by atoms with Gasteiger partial charge in [-0.1, -0.05) is 30.3 Å². The monoisotopic (exact) mass is 360 g/mol. The molecule has 0 saturated heterocycles. The van der Waals surface area contributed by atoms with Gasteiger partial charge in [-0.05, 0) is 36.8 Å². The zero-order valence-electron chi connectivity index (χ0n) is 15.2. The highest BCUT2D eigenvalue weighted by Gasteiger charge is 2.20. The van der Waals surface area contributed by atoms with Crippen molar-refractivity contribution in [3.8, 4) is 5.75 Å². The van der Waals surface area contributed by atoms with Gasteiger partial charge in [0, 0.05) is 10.9 Å². The molecule has 3 aromatic rings. The summed E-state index contributed by atoms with van der Waals surface area (Å²) >= 11 is 0. The zero-order chi connectivity index (χ0) is 18.8. The second kappa shape index (κ2) is 7.17. The van der Waals surface area contributed by atoms with E-state index in [-0.39, 0.29) is 0 Å². The van der Waals surface area contributed by atoms with Crippen LogP contribution in [0.4, 0.5) is 5.82 Å². The van der Waals surface area contributed by atoms with Gasteiger partial charge in [-0.2, -0.15) is 0 Å². The Labute approximate surface area is 157 Å². The summed E-state index contributed by atoms with van der Waals surface area (Å²) in [5.41, 5.74) is 2.55. The number of hydrogen-bond donors (Lipinski definition) is 2. The number of methoxy groups -OCH3 is 1. The first-order valence-electron chi connectivity index (χ1n) is 8.72. The van der Waals surface area contributed by atoms with Gasteiger partial charge in [0.2, 0.25) is 0 Å². The molecule has 1 aliphatic rings. The zero-order valence-corrected chi connectivity index (χ0v) is 15.2. The van der Waals surface area contributed by atoms with E-state index < -0.39 is 6.10 Å². The Bertz CT molecular complexity index is 1060. The fourth-order valence-corrected chi connectivity index (χ4v) is 3.08. The fourth-order valence-electron chi connectivity index (χ4n) is 3.08. The van der Waals surface area contributed by atoms with E-state index in [9.17, 15) is 5.11 Å². The smallest absolute Gasteiger partial charge is 0.164 e. The number of nitrogens with one attached hydrogen (secondary N) is 1. The van der Waals surface area contributed by atoms with Crippen LogP contribution in [0.1, 0.15) is 24.4 Å². The number of benzene rings is 2. The molecule has 0 amide bonds. The molecule has 6 heteroatoms. The molecule has 1 aromatic heterocycles. The summed E-state index contributed by atoms with van der Waals surface area (Å²) in [6, 6.07) is 15.0. The predicted molar refractivity (Wildman–Crippen MR) is 106 cm³/mol. The van der Waals surface area contributed by atoms with Gasteiger partial charge in [0.15, 0.2) is 5.82 Å². The highest BCUT2D eigenvalue weighted by Crippen LogP contribution is 2.30. The number of hydrogen-bond acceptors (Lipinski definition) is 6. The van der Waals surface area contributed by atoms with Crippen LogP contribution in [0.15, 0.2) is 65.2 Å². The SMILES string of the molecule is COc1ccccc1C(O)c1nc(NC2=NCC(C)=C2)c2ccccc2n1. The summed E-state index contributed by atoms with van der Waals surface area (Å²) in [6.45, 7) is 2.72. The lowest BCUT2D eigenvalue weighted by Crippen LogP contribution is -2.13. The Morgan fingerprint density at radius 3 is 2.63 bits per heavy atom. The molecule has 0 aliphatic carbocycles. The third-order valence-electron chi connectivity index (χ3n) is 4.43. The second-order valence-corrected chi connectivity index (χ2v) is 6.41. The van der Waals surface area contributed by atoms with Gasteiger partial charge in [0.1, 0.15) is 23.5 Å². The third-order valence-corrected chi connectivity index (χ3v) is 4.43. The van der Waals surface area contributed by atoms with Crippen molar-refractivity contribution in [2.24, 2.45) is 4.99 Å². The van der Waals surface area contributed by atoms with E-state index in [0.717, 1.165) is 16.7 Å². The molecule has 27 heavy (non-hydrogen) atoms. The molecule has 0 spiro atoms. The maximum Gasteiger partial charge on any atom is 0.164 e. The third kappa shape index (κ3) is 3.39. The number of nitrogens with zero attached hydrogens (tertiary/aromatic N) is 3.